The summed E-state index contributed by atoms with van der Waals surface area (Å²) < 4.78 is 1.45. The molecule has 0 amide bonds. The second kappa shape index (κ2) is 6.03. The molecule has 0 fully saturated rings. The van der Waals surface area contributed by atoms with Crippen LogP contribution in [0.2, 0.25) is 10.0 Å². The Labute approximate surface area is 126 Å². The van der Waals surface area contributed by atoms with E-state index >= 15 is 0 Å². The molecule has 4 nitrogen and oxygen atoms in total. The summed E-state index contributed by atoms with van der Waals surface area (Å²) in [4.78, 5) is 0. The molecule has 0 spiro atoms. The molecule has 0 aliphatic rings. The van der Waals surface area contributed by atoms with Crippen LogP contribution in [0.5, 0.6) is 0 Å². The van der Waals surface area contributed by atoms with Crippen molar-refractivity contribution in [3.63, 3.8) is 0 Å². The van der Waals surface area contributed by atoms with Crippen LogP contribution in [0.25, 0.3) is 11.4 Å². The molecule has 0 aliphatic heterocycles. The van der Waals surface area contributed by atoms with Crippen LogP contribution in [-0.4, -0.2) is 20.6 Å². The second-order valence-electron chi connectivity index (χ2n) is 4.51. The topological polar surface area (TPSA) is 56.7 Å². The van der Waals surface area contributed by atoms with Crippen molar-refractivity contribution in [2.24, 2.45) is 5.92 Å². The molecule has 0 radical (unpaired) electrons. The first kappa shape index (κ1) is 14.5. The van der Waals surface area contributed by atoms with Crippen LogP contribution in [-0.2, 0) is 0 Å². The fourth-order valence-electron chi connectivity index (χ4n) is 1.47. The first-order valence-corrected chi connectivity index (χ1v) is 7.52. The van der Waals surface area contributed by atoms with E-state index in [0.717, 1.165) is 5.75 Å². The Morgan fingerprint density at radius 3 is 2.74 bits per heavy atom. The van der Waals surface area contributed by atoms with Gasteiger partial charge in [-0.05, 0) is 24.1 Å². The van der Waals surface area contributed by atoms with Crippen molar-refractivity contribution >= 4 is 35.0 Å². The van der Waals surface area contributed by atoms with Crippen molar-refractivity contribution in [2.75, 3.05) is 11.6 Å². The van der Waals surface area contributed by atoms with Crippen LogP contribution in [0.3, 0.4) is 0 Å². The lowest BCUT2D eigenvalue weighted by molar-refractivity contribution is 0.744. The zero-order valence-corrected chi connectivity index (χ0v) is 12.9. The average Bonchev–Trinajstić information content (AvgIpc) is 2.71. The highest BCUT2D eigenvalue weighted by Gasteiger charge is 2.15. The van der Waals surface area contributed by atoms with Crippen LogP contribution in [0, 0.1) is 5.92 Å². The third-order valence-electron chi connectivity index (χ3n) is 2.38. The number of halogens is 2. The predicted octanol–water partition coefficient (Wildman–Crippen LogP) is 3.71. The van der Waals surface area contributed by atoms with Gasteiger partial charge >= 0.3 is 0 Å². The summed E-state index contributed by atoms with van der Waals surface area (Å²) in [5.74, 6) is 8.01. The van der Waals surface area contributed by atoms with Crippen LogP contribution in [0.4, 0.5) is 0 Å². The first-order chi connectivity index (χ1) is 8.99. The molecule has 2 aromatic rings. The Morgan fingerprint density at radius 1 is 1.32 bits per heavy atom. The fraction of sp³-hybridized carbons (Fsp3) is 0.333. The largest absolute Gasteiger partial charge is 0.335 e. The van der Waals surface area contributed by atoms with E-state index in [1.165, 1.54) is 4.68 Å². The lowest BCUT2D eigenvalue weighted by Crippen LogP contribution is -2.12. The number of hydrogen-bond acceptors (Lipinski definition) is 4. The molecule has 0 saturated heterocycles. The van der Waals surface area contributed by atoms with Crippen LogP contribution >= 0.6 is 35.0 Å². The van der Waals surface area contributed by atoms with Gasteiger partial charge in [0, 0.05) is 16.3 Å². The predicted molar refractivity (Wildman–Crippen MR) is 81.2 cm³/mol. The number of benzene rings is 1. The fourth-order valence-corrected chi connectivity index (χ4v) is 2.65. The van der Waals surface area contributed by atoms with E-state index in [4.69, 9.17) is 29.0 Å². The highest BCUT2D eigenvalue weighted by molar-refractivity contribution is 7.99. The molecule has 1 heterocycles. The smallest absolute Gasteiger partial charge is 0.210 e. The Kier molecular flexibility index (Phi) is 4.60. The Bertz CT molecular complexity index is 583. The quantitative estimate of drug-likeness (QED) is 0.690. The Hall–Kier alpha value is -0.910. The summed E-state index contributed by atoms with van der Waals surface area (Å²) in [6.45, 7) is 4.28. The number of nitrogens with zero attached hydrogens (tertiary/aromatic N) is 3. The third-order valence-corrected chi connectivity index (χ3v) is 4.31. The molecule has 0 aliphatic carbocycles. The van der Waals surface area contributed by atoms with E-state index in [9.17, 15) is 0 Å². The number of rotatable bonds is 4. The number of nitrogen functional groups attached to an aromatic ring is 1. The van der Waals surface area contributed by atoms with Crippen LogP contribution in [0.1, 0.15) is 13.8 Å². The van der Waals surface area contributed by atoms with E-state index in [2.05, 4.69) is 24.0 Å². The average molecular weight is 317 g/mol. The lowest BCUT2D eigenvalue weighted by atomic mass is 10.2. The number of hydrogen-bond donors (Lipinski definition) is 1. The summed E-state index contributed by atoms with van der Waals surface area (Å²) in [5, 5.41) is 9.97. The maximum absolute atomic E-state index is 6.14. The van der Waals surface area contributed by atoms with Crippen molar-refractivity contribution in [3.05, 3.63) is 28.2 Å². The molecule has 2 rings (SSSR count). The summed E-state index contributed by atoms with van der Waals surface area (Å²) in [7, 11) is 0. The Balaban J connectivity index is 2.33. The Morgan fingerprint density at radius 2 is 2.05 bits per heavy atom. The molecular weight excluding hydrogens is 303 g/mol. The second-order valence-corrected chi connectivity index (χ2v) is 6.34. The minimum Gasteiger partial charge on any atom is -0.335 e. The number of thioether (sulfide) groups is 1. The maximum Gasteiger partial charge on any atom is 0.210 e. The van der Waals surface area contributed by atoms with Gasteiger partial charge < -0.3 is 5.84 Å². The highest BCUT2D eigenvalue weighted by Crippen LogP contribution is 2.30. The molecule has 102 valence electrons. The van der Waals surface area contributed by atoms with Crippen molar-refractivity contribution in [1.29, 1.82) is 0 Å². The van der Waals surface area contributed by atoms with E-state index < -0.39 is 0 Å². The van der Waals surface area contributed by atoms with Crippen LogP contribution < -0.4 is 5.84 Å². The zero-order chi connectivity index (χ0) is 14.0. The summed E-state index contributed by atoms with van der Waals surface area (Å²) in [6, 6.07) is 5.17. The summed E-state index contributed by atoms with van der Waals surface area (Å²) in [6.07, 6.45) is 0. The highest BCUT2D eigenvalue weighted by atomic mass is 35.5. The van der Waals surface area contributed by atoms with E-state index in [0.29, 0.717) is 32.5 Å². The van der Waals surface area contributed by atoms with Crippen molar-refractivity contribution in [2.45, 2.75) is 19.0 Å². The van der Waals surface area contributed by atoms with Gasteiger partial charge in [0.05, 0.1) is 5.02 Å². The van der Waals surface area contributed by atoms with E-state index in [1.54, 1.807) is 30.0 Å². The minimum atomic E-state index is 0.513. The van der Waals surface area contributed by atoms with Crippen molar-refractivity contribution < 1.29 is 0 Å². The standard InChI is InChI=1S/C12H14Cl2N4S/c1-7(2)6-19-12-17-16-11(18(12)15)9-5-8(13)3-4-10(9)14/h3-5,7H,6,15H2,1-2H3. The van der Waals surface area contributed by atoms with E-state index in [-0.39, 0.29) is 0 Å². The van der Waals surface area contributed by atoms with Crippen molar-refractivity contribution in [3.8, 4) is 11.4 Å². The molecule has 2 N–H and O–H groups in total. The number of nitrogens with two attached hydrogens (primary N) is 1. The summed E-state index contributed by atoms with van der Waals surface area (Å²) in [5.41, 5.74) is 0.681. The van der Waals surface area contributed by atoms with Crippen LogP contribution in [0.15, 0.2) is 23.4 Å². The molecule has 0 atom stereocenters. The number of aromatic nitrogens is 3. The van der Waals surface area contributed by atoms with Gasteiger partial charge in [-0.1, -0.05) is 48.8 Å². The SMILES string of the molecule is CC(C)CSc1nnc(-c2cc(Cl)ccc2Cl)n1N. The minimum absolute atomic E-state index is 0.513. The van der Waals surface area contributed by atoms with Gasteiger partial charge in [-0.2, -0.15) is 0 Å². The van der Waals surface area contributed by atoms with Gasteiger partial charge in [0.25, 0.3) is 0 Å². The molecule has 0 saturated carbocycles. The molecule has 0 unspecified atom stereocenters. The zero-order valence-electron chi connectivity index (χ0n) is 10.6. The van der Waals surface area contributed by atoms with Gasteiger partial charge in [0.2, 0.25) is 5.16 Å². The molecule has 1 aromatic carbocycles. The molecule has 0 bridgehead atoms. The monoisotopic (exact) mass is 316 g/mol. The van der Waals surface area contributed by atoms with Gasteiger partial charge in [0.1, 0.15) is 0 Å². The van der Waals surface area contributed by atoms with E-state index in [1.807, 2.05) is 0 Å². The molecular formula is C12H14Cl2N4S. The maximum atomic E-state index is 6.14. The molecule has 7 heteroatoms. The summed E-state index contributed by atoms with van der Waals surface area (Å²) >= 11 is 13.7. The van der Waals surface area contributed by atoms with Crippen molar-refractivity contribution in [1.82, 2.24) is 14.9 Å². The van der Waals surface area contributed by atoms with Gasteiger partial charge in [-0.3, -0.25) is 0 Å². The van der Waals surface area contributed by atoms with Gasteiger partial charge in [-0.25, -0.2) is 4.68 Å². The molecule has 19 heavy (non-hydrogen) atoms. The van der Waals surface area contributed by atoms with Gasteiger partial charge in [-0.15, -0.1) is 10.2 Å². The third kappa shape index (κ3) is 3.35. The lowest BCUT2D eigenvalue weighted by Gasteiger charge is -2.06. The normalized spacial score (nSPS) is 11.2. The van der Waals surface area contributed by atoms with Gasteiger partial charge in [0.15, 0.2) is 5.82 Å². The molecule has 1 aromatic heterocycles. The first-order valence-electron chi connectivity index (χ1n) is 5.77.